The first-order valence-corrected chi connectivity index (χ1v) is 6.35. The first-order chi connectivity index (χ1) is 8.20. The Labute approximate surface area is 107 Å². The van der Waals surface area contributed by atoms with Gasteiger partial charge in [-0.3, -0.25) is 4.90 Å². The third-order valence-corrected chi connectivity index (χ3v) is 3.44. The lowest BCUT2D eigenvalue weighted by Crippen LogP contribution is -2.29. The summed E-state index contributed by atoms with van der Waals surface area (Å²) in [4.78, 5) is 2.45. The molecule has 94 valence electrons. The minimum absolute atomic E-state index is 0.628. The third kappa shape index (κ3) is 3.60. The molecule has 1 aliphatic carbocycles. The van der Waals surface area contributed by atoms with E-state index in [1.54, 1.807) is 7.11 Å². The van der Waals surface area contributed by atoms with E-state index in [-0.39, 0.29) is 0 Å². The monoisotopic (exact) mass is 254 g/mol. The van der Waals surface area contributed by atoms with Crippen LogP contribution in [0.2, 0.25) is 5.02 Å². The molecule has 0 bridgehead atoms. The quantitative estimate of drug-likeness (QED) is 0.793. The highest BCUT2D eigenvalue weighted by Gasteiger charge is 2.28. The molecule has 0 atom stereocenters. The number of nitrogen functional groups attached to an aromatic ring is 1. The molecule has 0 aliphatic heterocycles. The third-order valence-electron chi connectivity index (χ3n) is 3.09. The summed E-state index contributed by atoms with van der Waals surface area (Å²) in [6.45, 7) is 2.68. The van der Waals surface area contributed by atoms with Crippen LogP contribution < -0.4 is 5.73 Å². The van der Waals surface area contributed by atoms with Gasteiger partial charge in [0.2, 0.25) is 0 Å². The number of nitrogens with two attached hydrogens (primary N) is 1. The zero-order chi connectivity index (χ0) is 12.3. The Bertz CT molecular complexity index is 380. The molecular weight excluding hydrogens is 236 g/mol. The lowest BCUT2D eigenvalue weighted by molar-refractivity contribution is 0.139. The van der Waals surface area contributed by atoms with Gasteiger partial charge in [-0.15, -0.1) is 0 Å². The average molecular weight is 255 g/mol. The number of nitrogens with zero attached hydrogens (tertiary/aromatic N) is 1. The van der Waals surface area contributed by atoms with Crippen LogP contribution >= 0.6 is 11.6 Å². The molecule has 0 amide bonds. The highest BCUT2D eigenvalue weighted by atomic mass is 35.5. The van der Waals surface area contributed by atoms with Gasteiger partial charge in [-0.2, -0.15) is 0 Å². The summed E-state index contributed by atoms with van der Waals surface area (Å²) in [6, 6.07) is 6.60. The fourth-order valence-corrected chi connectivity index (χ4v) is 2.08. The molecule has 4 heteroatoms. The number of benzene rings is 1. The summed E-state index contributed by atoms with van der Waals surface area (Å²) in [5.74, 6) is 0. The van der Waals surface area contributed by atoms with Gasteiger partial charge in [0.15, 0.2) is 0 Å². The summed E-state index contributed by atoms with van der Waals surface area (Å²) in [5.41, 5.74) is 7.69. The van der Waals surface area contributed by atoms with E-state index in [0.29, 0.717) is 10.7 Å². The van der Waals surface area contributed by atoms with Crippen molar-refractivity contribution >= 4 is 17.3 Å². The first kappa shape index (κ1) is 12.7. The van der Waals surface area contributed by atoms with Gasteiger partial charge >= 0.3 is 0 Å². The van der Waals surface area contributed by atoms with Crippen LogP contribution in [0.25, 0.3) is 0 Å². The number of ether oxygens (including phenoxy) is 1. The van der Waals surface area contributed by atoms with Gasteiger partial charge in [-0.1, -0.05) is 17.7 Å². The van der Waals surface area contributed by atoms with Crippen molar-refractivity contribution in [3.05, 3.63) is 28.8 Å². The van der Waals surface area contributed by atoms with Gasteiger partial charge in [-0.25, -0.2) is 0 Å². The molecule has 1 aromatic rings. The Hall–Kier alpha value is -0.770. The standard InChI is InChI=1S/C13H19ClN2O/c1-17-7-6-16(11-3-4-11)9-10-2-5-12(14)13(15)8-10/h2,5,8,11H,3-4,6-7,9,15H2,1H3. The molecule has 1 fully saturated rings. The number of anilines is 1. The van der Waals surface area contributed by atoms with Crippen molar-refractivity contribution in [2.24, 2.45) is 0 Å². The normalized spacial score (nSPS) is 15.5. The van der Waals surface area contributed by atoms with Crippen molar-refractivity contribution in [2.45, 2.75) is 25.4 Å². The average Bonchev–Trinajstić information content (AvgIpc) is 3.13. The van der Waals surface area contributed by atoms with Gasteiger partial charge < -0.3 is 10.5 Å². The predicted molar refractivity (Wildman–Crippen MR) is 71.2 cm³/mol. The van der Waals surface area contributed by atoms with Gasteiger partial charge in [0.05, 0.1) is 17.3 Å². The number of rotatable bonds is 6. The van der Waals surface area contributed by atoms with Crippen molar-refractivity contribution in [2.75, 3.05) is 26.0 Å². The van der Waals surface area contributed by atoms with Crippen LogP contribution in [-0.2, 0) is 11.3 Å². The van der Waals surface area contributed by atoms with Crippen LogP contribution in [0, 0.1) is 0 Å². The molecule has 0 unspecified atom stereocenters. The Morgan fingerprint density at radius 1 is 1.47 bits per heavy atom. The molecule has 1 aliphatic rings. The highest BCUT2D eigenvalue weighted by Crippen LogP contribution is 2.29. The first-order valence-electron chi connectivity index (χ1n) is 5.97. The maximum atomic E-state index is 5.92. The maximum absolute atomic E-state index is 5.92. The van der Waals surface area contributed by atoms with Gasteiger partial charge in [0, 0.05) is 26.2 Å². The molecule has 2 N–H and O–H groups in total. The van der Waals surface area contributed by atoms with E-state index < -0.39 is 0 Å². The van der Waals surface area contributed by atoms with Gasteiger partial charge in [-0.05, 0) is 30.5 Å². The molecule has 2 rings (SSSR count). The minimum atomic E-state index is 0.628. The van der Waals surface area contributed by atoms with E-state index in [1.165, 1.54) is 18.4 Å². The zero-order valence-corrected chi connectivity index (χ0v) is 10.9. The smallest absolute Gasteiger partial charge is 0.0635 e. The molecule has 0 spiro atoms. The Morgan fingerprint density at radius 2 is 2.24 bits per heavy atom. The second kappa shape index (κ2) is 5.71. The maximum Gasteiger partial charge on any atom is 0.0635 e. The van der Waals surface area contributed by atoms with Crippen molar-refractivity contribution in [1.29, 1.82) is 0 Å². The molecule has 1 saturated carbocycles. The second-order valence-corrected chi connectivity index (χ2v) is 4.96. The molecule has 1 aromatic carbocycles. The summed E-state index contributed by atoms with van der Waals surface area (Å²) >= 11 is 5.92. The van der Waals surface area contributed by atoms with Crippen LogP contribution in [-0.4, -0.2) is 31.2 Å². The molecule has 0 aromatic heterocycles. The summed E-state index contributed by atoms with van der Waals surface area (Å²) < 4.78 is 5.14. The van der Waals surface area contributed by atoms with Crippen molar-refractivity contribution in [1.82, 2.24) is 4.90 Å². The topological polar surface area (TPSA) is 38.5 Å². The number of methoxy groups -OCH3 is 1. The summed E-state index contributed by atoms with van der Waals surface area (Å²) in [6.07, 6.45) is 2.60. The van der Waals surface area contributed by atoms with E-state index in [9.17, 15) is 0 Å². The van der Waals surface area contributed by atoms with E-state index in [2.05, 4.69) is 4.90 Å². The molecular formula is C13H19ClN2O. The van der Waals surface area contributed by atoms with Gasteiger partial charge in [0.1, 0.15) is 0 Å². The fourth-order valence-electron chi connectivity index (χ4n) is 1.97. The Morgan fingerprint density at radius 3 is 2.82 bits per heavy atom. The van der Waals surface area contributed by atoms with Crippen LogP contribution in [0.5, 0.6) is 0 Å². The highest BCUT2D eigenvalue weighted by molar-refractivity contribution is 6.33. The molecule has 3 nitrogen and oxygen atoms in total. The molecule has 17 heavy (non-hydrogen) atoms. The van der Waals surface area contributed by atoms with Crippen molar-refractivity contribution in [3.63, 3.8) is 0 Å². The van der Waals surface area contributed by atoms with E-state index in [0.717, 1.165) is 25.7 Å². The fraction of sp³-hybridized carbons (Fsp3) is 0.538. The second-order valence-electron chi connectivity index (χ2n) is 4.55. The lowest BCUT2D eigenvalue weighted by Gasteiger charge is -2.21. The zero-order valence-electron chi connectivity index (χ0n) is 10.2. The lowest BCUT2D eigenvalue weighted by atomic mass is 10.2. The largest absolute Gasteiger partial charge is 0.398 e. The van der Waals surface area contributed by atoms with Crippen LogP contribution in [0.1, 0.15) is 18.4 Å². The van der Waals surface area contributed by atoms with E-state index in [1.807, 2.05) is 18.2 Å². The van der Waals surface area contributed by atoms with Crippen molar-refractivity contribution < 1.29 is 4.74 Å². The molecule has 0 heterocycles. The van der Waals surface area contributed by atoms with E-state index in [4.69, 9.17) is 22.1 Å². The Kier molecular flexibility index (Phi) is 4.26. The minimum Gasteiger partial charge on any atom is -0.398 e. The molecule has 0 radical (unpaired) electrons. The number of hydrogen-bond acceptors (Lipinski definition) is 3. The summed E-state index contributed by atoms with van der Waals surface area (Å²) in [5, 5.41) is 0.628. The Balaban J connectivity index is 1.98. The number of halogens is 1. The van der Waals surface area contributed by atoms with Crippen LogP contribution in [0.15, 0.2) is 18.2 Å². The van der Waals surface area contributed by atoms with E-state index >= 15 is 0 Å². The van der Waals surface area contributed by atoms with Crippen LogP contribution in [0.3, 0.4) is 0 Å². The van der Waals surface area contributed by atoms with Crippen molar-refractivity contribution in [3.8, 4) is 0 Å². The van der Waals surface area contributed by atoms with Gasteiger partial charge in [0.25, 0.3) is 0 Å². The molecule has 0 saturated heterocycles. The summed E-state index contributed by atoms with van der Waals surface area (Å²) in [7, 11) is 1.74. The number of hydrogen-bond donors (Lipinski definition) is 1. The SMILES string of the molecule is COCCN(Cc1ccc(Cl)c(N)c1)C1CC1. The van der Waals surface area contributed by atoms with Crippen LogP contribution in [0.4, 0.5) is 5.69 Å². The predicted octanol–water partition coefficient (Wildman–Crippen LogP) is 2.53.